The van der Waals surface area contributed by atoms with Crippen LogP contribution in [0, 0.1) is 6.92 Å². The van der Waals surface area contributed by atoms with Crippen molar-refractivity contribution >= 4 is 0 Å². The predicted octanol–water partition coefficient (Wildman–Crippen LogP) is 1.08. The Labute approximate surface area is 97.9 Å². The first-order valence-electron chi connectivity index (χ1n) is 5.16. The molecular weight excluding hydrogens is 222 g/mol. The highest BCUT2D eigenvalue weighted by atomic mass is 16.5. The van der Waals surface area contributed by atoms with E-state index in [0.717, 1.165) is 0 Å². The first-order chi connectivity index (χ1) is 8.16. The first kappa shape index (κ1) is 11.4. The van der Waals surface area contributed by atoms with Gasteiger partial charge in [0.25, 0.3) is 0 Å². The van der Waals surface area contributed by atoms with Crippen LogP contribution in [0.4, 0.5) is 0 Å². The number of phenolic OH excluding ortho intramolecular Hbond substituents is 2. The molecule has 0 aliphatic rings. The van der Waals surface area contributed by atoms with Crippen molar-refractivity contribution in [2.24, 2.45) is 0 Å². The molecule has 0 amide bonds. The summed E-state index contributed by atoms with van der Waals surface area (Å²) in [6, 6.07) is 4.83. The van der Waals surface area contributed by atoms with E-state index in [0.29, 0.717) is 30.4 Å². The zero-order valence-corrected chi connectivity index (χ0v) is 9.34. The molecule has 2 rings (SSSR count). The molecule has 6 nitrogen and oxygen atoms in total. The molecule has 0 atom stereocenters. The van der Waals surface area contributed by atoms with Crippen molar-refractivity contribution in [3.63, 3.8) is 0 Å². The maximum absolute atomic E-state index is 9.56. The van der Waals surface area contributed by atoms with Crippen LogP contribution in [0.15, 0.2) is 22.7 Å². The number of benzene rings is 1. The van der Waals surface area contributed by atoms with Crippen LogP contribution in [0.2, 0.25) is 0 Å². The molecule has 0 aliphatic heterocycles. The van der Waals surface area contributed by atoms with Crippen LogP contribution in [0.3, 0.4) is 0 Å². The van der Waals surface area contributed by atoms with Gasteiger partial charge in [0.15, 0.2) is 17.3 Å². The molecule has 0 spiro atoms. The molecule has 0 fully saturated rings. The molecule has 3 N–H and O–H groups in total. The van der Waals surface area contributed by atoms with Gasteiger partial charge in [0.1, 0.15) is 0 Å². The van der Waals surface area contributed by atoms with Crippen molar-refractivity contribution in [2.45, 2.75) is 20.0 Å². The van der Waals surface area contributed by atoms with Crippen LogP contribution in [-0.4, -0.2) is 20.4 Å². The predicted molar refractivity (Wildman–Crippen MR) is 59.4 cm³/mol. The SMILES string of the molecule is Cc1nc(CNCc2cccc(O)c2O)no1. The summed E-state index contributed by atoms with van der Waals surface area (Å²) in [5.41, 5.74) is 0.616. The molecule has 0 unspecified atom stereocenters. The minimum atomic E-state index is -0.125. The summed E-state index contributed by atoms with van der Waals surface area (Å²) in [5.74, 6) is 0.841. The highest BCUT2D eigenvalue weighted by Gasteiger charge is 2.06. The zero-order chi connectivity index (χ0) is 12.3. The van der Waals surface area contributed by atoms with Gasteiger partial charge in [-0.2, -0.15) is 4.98 Å². The molecule has 17 heavy (non-hydrogen) atoms. The molecule has 0 aliphatic carbocycles. The molecular formula is C11H13N3O3. The van der Waals surface area contributed by atoms with E-state index in [1.165, 1.54) is 6.07 Å². The fourth-order valence-electron chi connectivity index (χ4n) is 1.44. The zero-order valence-electron chi connectivity index (χ0n) is 9.34. The quantitative estimate of drug-likeness (QED) is 0.687. The van der Waals surface area contributed by atoms with Crippen molar-refractivity contribution < 1.29 is 14.7 Å². The van der Waals surface area contributed by atoms with Gasteiger partial charge < -0.3 is 20.1 Å². The second kappa shape index (κ2) is 4.84. The lowest BCUT2D eigenvalue weighted by Crippen LogP contribution is -2.13. The van der Waals surface area contributed by atoms with Crippen molar-refractivity contribution in [3.05, 3.63) is 35.5 Å². The summed E-state index contributed by atoms with van der Waals surface area (Å²) in [6.07, 6.45) is 0. The van der Waals surface area contributed by atoms with Crippen molar-refractivity contribution in [3.8, 4) is 11.5 Å². The first-order valence-corrected chi connectivity index (χ1v) is 5.16. The average molecular weight is 235 g/mol. The summed E-state index contributed by atoms with van der Waals surface area (Å²) in [6.45, 7) is 2.57. The fourth-order valence-corrected chi connectivity index (χ4v) is 1.44. The number of nitrogens with zero attached hydrogens (tertiary/aromatic N) is 2. The summed E-state index contributed by atoms with van der Waals surface area (Å²) >= 11 is 0. The van der Waals surface area contributed by atoms with Crippen LogP contribution in [-0.2, 0) is 13.1 Å². The van der Waals surface area contributed by atoms with Gasteiger partial charge in [-0.1, -0.05) is 17.3 Å². The van der Waals surface area contributed by atoms with Crippen LogP contribution in [0.25, 0.3) is 0 Å². The average Bonchev–Trinajstić information content (AvgIpc) is 2.70. The molecule has 0 radical (unpaired) electrons. The van der Waals surface area contributed by atoms with E-state index in [-0.39, 0.29) is 11.5 Å². The van der Waals surface area contributed by atoms with Gasteiger partial charge in [0.2, 0.25) is 5.89 Å². The lowest BCUT2D eigenvalue weighted by atomic mass is 10.2. The van der Waals surface area contributed by atoms with E-state index in [2.05, 4.69) is 15.5 Å². The number of phenols is 2. The maximum atomic E-state index is 9.56. The third kappa shape index (κ3) is 2.73. The van der Waals surface area contributed by atoms with E-state index >= 15 is 0 Å². The number of para-hydroxylation sites is 1. The lowest BCUT2D eigenvalue weighted by Gasteiger charge is -2.06. The van der Waals surface area contributed by atoms with Gasteiger partial charge in [0, 0.05) is 19.0 Å². The molecule has 1 aromatic heterocycles. The number of rotatable bonds is 4. The monoisotopic (exact) mass is 235 g/mol. The molecule has 0 bridgehead atoms. The Bertz CT molecular complexity index is 510. The third-order valence-corrected chi connectivity index (χ3v) is 2.27. The minimum Gasteiger partial charge on any atom is -0.504 e. The van der Waals surface area contributed by atoms with Gasteiger partial charge >= 0.3 is 0 Å². The van der Waals surface area contributed by atoms with Gasteiger partial charge in [-0.25, -0.2) is 0 Å². The van der Waals surface area contributed by atoms with E-state index in [9.17, 15) is 10.2 Å². The molecule has 0 saturated carbocycles. The Balaban J connectivity index is 1.92. The Kier molecular flexibility index (Phi) is 3.24. The standard InChI is InChI=1S/C11H13N3O3/c1-7-13-10(14-17-7)6-12-5-8-3-2-4-9(15)11(8)16/h2-4,12,15-16H,5-6H2,1H3. The Hall–Kier alpha value is -2.08. The molecule has 90 valence electrons. The molecule has 6 heteroatoms. The van der Waals surface area contributed by atoms with Gasteiger partial charge in [-0.05, 0) is 6.07 Å². The summed E-state index contributed by atoms with van der Waals surface area (Å²) in [4.78, 5) is 4.03. The minimum absolute atomic E-state index is 0.107. The van der Waals surface area contributed by atoms with Gasteiger partial charge in [-0.15, -0.1) is 0 Å². The van der Waals surface area contributed by atoms with Crippen molar-refractivity contribution in [2.75, 3.05) is 0 Å². The van der Waals surface area contributed by atoms with E-state index < -0.39 is 0 Å². The summed E-state index contributed by atoms with van der Waals surface area (Å²) < 4.78 is 4.82. The van der Waals surface area contributed by atoms with Gasteiger partial charge in [-0.3, -0.25) is 0 Å². The lowest BCUT2D eigenvalue weighted by molar-refractivity contribution is 0.384. The van der Waals surface area contributed by atoms with Crippen LogP contribution >= 0.6 is 0 Å². The van der Waals surface area contributed by atoms with Crippen molar-refractivity contribution in [1.29, 1.82) is 0 Å². The number of aryl methyl sites for hydroxylation is 1. The topological polar surface area (TPSA) is 91.4 Å². The molecule has 0 saturated heterocycles. The fraction of sp³-hybridized carbons (Fsp3) is 0.273. The van der Waals surface area contributed by atoms with Crippen LogP contribution in [0.5, 0.6) is 11.5 Å². The molecule has 1 aromatic carbocycles. The highest BCUT2D eigenvalue weighted by molar-refractivity contribution is 5.44. The highest BCUT2D eigenvalue weighted by Crippen LogP contribution is 2.27. The summed E-state index contributed by atoms with van der Waals surface area (Å²) in [5, 5.41) is 25.6. The van der Waals surface area contributed by atoms with Crippen molar-refractivity contribution in [1.82, 2.24) is 15.5 Å². The van der Waals surface area contributed by atoms with Crippen LogP contribution in [0.1, 0.15) is 17.3 Å². The van der Waals surface area contributed by atoms with Gasteiger partial charge in [0.05, 0.1) is 6.54 Å². The maximum Gasteiger partial charge on any atom is 0.223 e. The van der Waals surface area contributed by atoms with E-state index in [1.54, 1.807) is 19.1 Å². The second-order valence-corrected chi connectivity index (χ2v) is 3.62. The normalized spacial score (nSPS) is 10.6. The second-order valence-electron chi connectivity index (χ2n) is 3.62. The Morgan fingerprint density at radius 1 is 1.29 bits per heavy atom. The number of aromatic nitrogens is 2. The molecule has 2 aromatic rings. The van der Waals surface area contributed by atoms with E-state index in [1.807, 2.05) is 0 Å². The number of aromatic hydroxyl groups is 2. The number of hydrogen-bond acceptors (Lipinski definition) is 6. The molecule has 1 heterocycles. The Morgan fingerprint density at radius 3 is 2.82 bits per heavy atom. The number of nitrogens with one attached hydrogen (secondary N) is 1. The largest absolute Gasteiger partial charge is 0.504 e. The van der Waals surface area contributed by atoms with Crippen LogP contribution < -0.4 is 5.32 Å². The third-order valence-electron chi connectivity index (χ3n) is 2.27. The number of hydrogen-bond donors (Lipinski definition) is 3. The Morgan fingerprint density at radius 2 is 2.12 bits per heavy atom. The van der Waals surface area contributed by atoms with E-state index in [4.69, 9.17) is 4.52 Å². The summed E-state index contributed by atoms with van der Waals surface area (Å²) in [7, 11) is 0. The smallest absolute Gasteiger partial charge is 0.223 e.